The van der Waals surface area contributed by atoms with Gasteiger partial charge < -0.3 is 10.0 Å². The molecular weight excluding hydrogens is 458 g/mol. The van der Waals surface area contributed by atoms with Crippen molar-refractivity contribution in [2.45, 2.75) is 24.4 Å². The zero-order chi connectivity index (χ0) is 21.3. The number of halogens is 1. The summed E-state index contributed by atoms with van der Waals surface area (Å²) in [4.78, 5) is 16.1. The highest BCUT2D eigenvalue weighted by Gasteiger charge is 2.40. The molecule has 3 aromatic carbocycles. The molecule has 1 amide bonds. The fourth-order valence-electron chi connectivity index (χ4n) is 3.76. The number of aliphatic hydroxyl groups excluding tert-OH is 1. The van der Waals surface area contributed by atoms with Gasteiger partial charge in [-0.25, -0.2) is 0 Å². The lowest BCUT2D eigenvalue weighted by Crippen LogP contribution is -2.29. The van der Waals surface area contributed by atoms with Crippen molar-refractivity contribution < 1.29 is 9.90 Å². The second-order valence-electron chi connectivity index (χ2n) is 7.36. The van der Waals surface area contributed by atoms with Crippen LogP contribution in [0.15, 0.2) is 87.9 Å². The SMILES string of the molecule is CSc1ccc(CN2C(=O)C(O)=C(c3ccc(C)cc3)[C@H]2c2ccc(Br)cc2)cc1. The van der Waals surface area contributed by atoms with Crippen LogP contribution < -0.4 is 0 Å². The summed E-state index contributed by atoms with van der Waals surface area (Å²) in [7, 11) is 0. The number of hydrogen-bond donors (Lipinski definition) is 1. The molecule has 0 saturated carbocycles. The summed E-state index contributed by atoms with van der Waals surface area (Å²) in [5.74, 6) is -0.514. The maximum atomic E-state index is 13.1. The van der Waals surface area contributed by atoms with E-state index in [0.717, 1.165) is 26.7 Å². The zero-order valence-corrected chi connectivity index (χ0v) is 19.2. The Morgan fingerprint density at radius 3 is 2.20 bits per heavy atom. The number of thioether (sulfide) groups is 1. The number of amides is 1. The van der Waals surface area contributed by atoms with Gasteiger partial charge in [0, 0.05) is 21.5 Å². The van der Waals surface area contributed by atoms with Crippen molar-refractivity contribution in [2.24, 2.45) is 0 Å². The van der Waals surface area contributed by atoms with E-state index in [1.807, 2.05) is 73.8 Å². The molecule has 0 bridgehead atoms. The lowest BCUT2D eigenvalue weighted by Gasteiger charge is -2.27. The molecule has 0 aromatic heterocycles. The second kappa shape index (κ2) is 8.70. The van der Waals surface area contributed by atoms with Gasteiger partial charge in [0.05, 0.1) is 6.04 Å². The Balaban J connectivity index is 1.77. The number of rotatable bonds is 5. The van der Waals surface area contributed by atoms with Gasteiger partial charge >= 0.3 is 0 Å². The molecule has 4 rings (SSSR count). The van der Waals surface area contributed by atoms with Gasteiger partial charge in [0.2, 0.25) is 0 Å². The highest BCUT2D eigenvalue weighted by molar-refractivity contribution is 9.10. The van der Waals surface area contributed by atoms with Crippen LogP contribution in [0.4, 0.5) is 0 Å². The predicted octanol–water partition coefficient (Wildman–Crippen LogP) is 6.53. The first-order valence-corrected chi connectivity index (χ1v) is 11.7. The average molecular weight is 480 g/mol. The molecule has 0 spiro atoms. The van der Waals surface area contributed by atoms with Gasteiger partial charge in [-0.3, -0.25) is 4.79 Å². The van der Waals surface area contributed by atoms with Gasteiger partial charge in [-0.2, -0.15) is 0 Å². The van der Waals surface area contributed by atoms with Crippen LogP contribution in [0.25, 0.3) is 5.57 Å². The molecule has 3 aromatic rings. The quantitative estimate of drug-likeness (QED) is 0.422. The van der Waals surface area contributed by atoms with Gasteiger partial charge in [-0.15, -0.1) is 11.8 Å². The molecule has 152 valence electrons. The summed E-state index contributed by atoms with van der Waals surface area (Å²) < 4.78 is 0.972. The minimum absolute atomic E-state index is 0.174. The van der Waals surface area contributed by atoms with E-state index in [0.29, 0.717) is 12.1 Å². The summed E-state index contributed by atoms with van der Waals surface area (Å²) in [6, 6.07) is 23.7. The fourth-order valence-corrected chi connectivity index (χ4v) is 4.44. The summed E-state index contributed by atoms with van der Waals surface area (Å²) in [5.41, 5.74) is 4.64. The molecule has 0 radical (unpaired) electrons. The largest absolute Gasteiger partial charge is 0.503 e. The molecule has 0 aliphatic carbocycles. The maximum Gasteiger partial charge on any atom is 0.290 e. The van der Waals surface area contributed by atoms with E-state index in [4.69, 9.17) is 0 Å². The Morgan fingerprint density at radius 1 is 0.967 bits per heavy atom. The minimum Gasteiger partial charge on any atom is -0.503 e. The molecule has 1 atom stereocenters. The van der Waals surface area contributed by atoms with E-state index in [1.165, 1.54) is 4.90 Å². The van der Waals surface area contributed by atoms with E-state index in [2.05, 4.69) is 28.1 Å². The first-order valence-electron chi connectivity index (χ1n) is 9.67. The van der Waals surface area contributed by atoms with Gasteiger partial charge in [0.15, 0.2) is 5.76 Å². The number of hydrogen-bond acceptors (Lipinski definition) is 3. The van der Waals surface area contributed by atoms with Gasteiger partial charge in [-0.05, 0) is 54.1 Å². The van der Waals surface area contributed by atoms with Crippen LogP contribution >= 0.6 is 27.7 Å². The monoisotopic (exact) mass is 479 g/mol. The molecule has 1 N–H and O–H groups in total. The first-order chi connectivity index (χ1) is 14.5. The number of carbonyl (C=O) groups excluding carboxylic acids is 1. The van der Waals surface area contributed by atoms with Crippen LogP contribution in [0.2, 0.25) is 0 Å². The molecule has 0 unspecified atom stereocenters. The van der Waals surface area contributed by atoms with Crippen molar-refractivity contribution in [3.8, 4) is 0 Å². The Morgan fingerprint density at radius 2 is 1.60 bits per heavy atom. The van der Waals surface area contributed by atoms with Crippen LogP contribution in [-0.4, -0.2) is 22.2 Å². The van der Waals surface area contributed by atoms with Crippen molar-refractivity contribution in [3.63, 3.8) is 0 Å². The van der Waals surface area contributed by atoms with Gasteiger partial charge in [-0.1, -0.05) is 70.0 Å². The van der Waals surface area contributed by atoms with Crippen LogP contribution in [0.5, 0.6) is 0 Å². The third-order valence-corrected chi connectivity index (χ3v) is 6.64. The zero-order valence-electron chi connectivity index (χ0n) is 16.8. The van der Waals surface area contributed by atoms with Gasteiger partial charge in [0.25, 0.3) is 5.91 Å². The highest BCUT2D eigenvalue weighted by Crippen LogP contribution is 2.44. The summed E-state index contributed by atoms with van der Waals surface area (Å²) >= 11 is 5.17. The van der Waals surface area contributed by atoms with E-state index in [1.54, 1.807) is 16.7 Å². The van der Waals surface area contributed by atoms with E-state index < -0.39 is 0 Å². The normalized spacial score (nSPS) is 16.4. The molecule has 3 nitrogen and oxygen atoms in total. The van der Waals surface area contributed by atoms with Crippen molar-refractivity contribution in [2.75, 3.05) is 6.26 Å². The summed E-state index contributed by atoms with van der Waals surface area (Å²) in [6.07, 6.45) is 2.04. The molecule has 30 heavy (non-hydrogen) atoms. The van der Waals surface area contributed by atoms with Crippen LogP contribution in [-0.2, 0) is 11.3 Å². The fraction of sp³-hybridized carbons (Fsp3) is 0.160. The average Bonchev–Trinajstić information content (AvgIpc) is 3.00. The molecule has 1 aliphatic heterocycles. The summed E-state index contributed by atoms with van der Waals surface area (Å²) in [6.45, 7) is 2.45. The van der Waals surface area contributed by atoms with Crippen molar-refractivity contribution in [3.05, 3.63) is 105 Å². The number of carbonyl (C=O) groups is 1. The second-order valence-corrected chi connectivity index (χ2v) is 9.16. The van der Waals surface area contributed by atoms with E-state index >= 15 is 0 Å². The molecule has 5 heteroatoms. The molecule has 1 heterocycles. The summed E-state index contributed by atoms with van der Waals surface area (Å²) in [5, 5.41) is 10.9. The first kappa shape index (κ1) is 20.8. The molecule has 0 fully saturated rings. The Bertz CT molecular complexity index is 1090. The van der Waals surface area contributed by atoms with Crippen LogP contribution in [0.3, 0.4) is 0 Å². The Kier molecular flexibility index (Phi) is 6.02. The number of aryl methyl sites for hydroxylation is 1. The van der Waals surface area contributed by atoms with Crippen molar-refractivity contribution >= 4 is 39.2 Å². The van der Waals surface area contributed by atoms with Crippen LogP contribution in [0, 0.1) is 6.92 Å². The van der Waals surface area contributed by atoms with Crippen LogP contribution in [0.1, 0.15) is 28.3 Å². The lowest BCUT2D eigenvalue weighted by atomic mass is 9.93. The van der Waals surface area contributed by atoms with E-state index in [9.17, 15) is 9.90 Å². The topological polar surface area (TPSA) is 40.5 Å². The Hall–Kier alpha value is -2.50. The lowest BCUT2D eigenvalue weighted by molar-refractivity contribution is -0.130. The Labute approximate surface area is 189 Å². The minimum atomic E-state index is -0.353. The maximum absolute atomic E-state index is 13.1. The smallest absolute Gasteiger partial charge is 0.290 e. The van der Waals surface area contributed by atoms with Crippen molar-refractivity contribution in [1.82, 2.24) is 4.90 Å². The molecule has 1 aliphatic rings. The third-order valence-electron chi connectivity index (χ3n) is 5.36. The highest BCUT2D eigenvalue weighted by atomic mass is 79.9. The standard InChI is InChI=1S/C25H22BrNO2S/c1-16-3-7-18(8-4-16)22-23(19-9-11-20(26)12-10-19)27(25(29)24(22)28)15-17-5-13-21(30-2)14-6-17/h3-14,23,28H,15H2,1-2H3/t23-/m1/s1. The van der Waals surface area contributed by atoms with E-state index in [-0.39, 0.29) is 17.7 Å². The predicted molar refractivity (Wildman–Crippen MR) is 126 cm³/mol. The number of aliphatic hydroxyl groups is 1. The molecule has 0 saturated heterocycles. The third kappa shape index (κ3) is 4.05. The van der Waals surface area contributed by atoms with Crippen molar-refractivity contribution in [1.29, 1.82) is 0 Å². The van der Waals surface area contributed by atoms with Gasteiger partial charge in [0.1, 0.15) is 0 Å². The number of benzene rings is 3. The number of nitrogens with zero attached hydrogens (tertiary/aromatic N) is 1. The molecular formula is C25H22BrNO2S.